The van der Waals surface area contributed by atoms with Crippen LogP contribution >= 0.6 is 0 Å². The Hall–Kier alpha value is -0.0800. The van der Waals surface area contributed by atoms with Crippen molar-refractivity contribution in [1.82, 2.24) is 4.90 Å². The van der Waals surface area contributed by atoms with E-state index in [0.29, 0.717) is 23.9 Å². The standard InChI is InChI=1S/C16H31NO/c1-11-5-7-14(8-6-11)17(4)16-13(3)9-12(2)10-15(16)18/h11-16,18H,5-10H2,1-4H3. The maximum atomic E-state index is 10.4. The molecule has 0 aromatic rings. The maximum absolute atomic E-state index is 10.4. The normalized spacial score (nSPS) is 46.3. The fourth-order valence-electron chi connectivity index (χ4n) is 4.37. The van der Waals surface area contributed by atoms with Crippen molar-refractivity contribution in [1.29, 1.82) is 0 Å². The lowest BCUT2D eigenvalue weighted by molar-refractivity contribution is -0.0374. The van der Waals surface area contributed by atoms with Crippen molar-refractivity contribution in [3.63, 3.8) is 0 Å². The predicted octanol–water partition coefficient (Wildman–Crippen LogP) is 3.29. The summed E-state index contributed by atoms with van der Waals surface area (Å²) in [5.74, 6) is 2.22. The molecule has 2 fully saturated rings. The van der Waals surface area contributed by atoms with Crippen molar-refractivity contribution in [3.8, 4) is 0 Å². The van der Waals surface area contributed by atoms with Crippen molar-refractivity contribution in [3.05, 3.63) is 0 Å². The van der Waals surface area contributed by atoms with Gasteiger partial charge in [0.2, 0.25) is 0 Å². The van der Waals surface area contributed by atoms with Crippen LogP contribution in [-0.2, 0) is 0 Å². The van der Waals surface area contributed by atoms with Gasteiger partial charge in [0.05, 0.1) is 6.10 Å². The lowest BCUT2D eigenvalue weighted by atomic mass is 9.76. The summed E-state index contributed by atoms with van der Waals surface area (Å²) in [5, 5.41) is 10.4. The van der Waals surface area contributed by atoms with Crippen LogP contribution in [0.4, 0.5) is 0 Å². The van der Waals surface area contributed by atoms with Gasteiger partial charge in [0.25, 0.3) is 0 Å². The molecule has 2 aliphatic carbocycles. The van der Waals surface area contributed by atoms with Crippen LogP contribution < -0.4 is 0 Å². The number of hydrogen-bond acceptors (Lipinski definition) is 2. The molecule has 2 rings (SSSR count). The van der Waals surface area contributed by atoms with Crippen LogP contribution in [0.1, 0.15) is 59.3 Å². The largest absolute Gasteiger partial charge is 0.391 e. The number of rotatable bonds is 2. The van der Waals surface area contributed by atoms with E-state index in [4.69, 9.17) is 0 Å². The zero-order valence-electron chi connectivity index (χ0n) is 12.6. The molecule has 18 heavy (non-hydrogen) atoms. The Bertz CT molecular complexity index is 248. The second kappa shape index (κ2) is 5.92. The van der Waals surface area contributed by atoms with Gasteiger partial charge in [-0.05, 0) is 63.3 Å². The van der Waals surface area contributed by atoms with Gasteiger partial charge in [0, 0.05) is 12.1 Å². The van der Waals surface area contributed by atoms with Crippen LogP contribution in [0.2, 0.25) is 0 Å². The Morgan fingerprint density at radius 2 is 1.50 bits per heavy atom. The van der Waals surface area contributed by atoms with Crippen molar-refractivity contribution < 1.29 is 5.11 Å². The Kier molecular flexibility index (Phi) is 4.71. The molecule has 2 saturated carbocycles. The molecule has 0 radical (unpaired) electrons. The number of aliphatic hydroxyl groups excluding tert-OH is 1. The van der Waals surface area contributed by atoms with Gasteiger partial charge < -0.3 is 5.11 Å². The molecule has 2 heteroatoms. The van der Waals surface area contributed by atoms with Crippen LogP contribution in [0.15, 0.2) is 0 Å². The molecule has 106 valence electrons. The van der Waals surface area contributed by atoms with Crippen LogP contribution in [0, 0.1) is 17.8 Å². The van der Waals surface area contributed by atoms with E-state index in [1.54, 1.807) is 0 Å². The number of likely N-dealkylation sites (N-methyl/N-ethyl adjacent to an activating group) is 1. The van der Waals surface area contributed by atoms with Crippen molar-refractivity contribution in [2.45, 2.75) is 77.5 Å². The average Bonchev–Trinajstić information content (AvgIpc) is 2.28. The van der Waals surface area contributed by atoms with Gasteiger partial charge in [-0.15, -0.1) is 0 Å². The van der Waals surface area contributed by atoms with Crippen molar-refractivity contribution in [2.24, 2.45) is 17.8 Å². The highest BCUT2D eigenvalue weighted by Gasteiger charge is 2.38. The first-order chi connectivity index (χ1) is 8.49. The molecule has 0 amide bonds. The number of aliphatic hydroxyl groups is 1. The number of hydrogen-bond donors (Lipinski definition) is 1. The molecule has 0 heterocycles. The zero-order valence-corrected chi connectivity index (χ0v) is 12.6. The van der Waals surface area contributed by atoms with E-state index in [-0.39, 0.29) is 6.10 Å². The van der Waals surface area contributed by atoms with Crippen LogP contribution in [-0.4, -0.2) is 35.2 Å². The highest BCUT2D eigenvalue weighted by molar-refractivity contribution is 4.92. The average molecular weight is 253 g/mol. The lowest BCUT2D eigenvalue weighted by Gasteiger charge is -2.46. The topological polar surface area (TPSA) is 23.5 Å². The molecule has 1 N–H and O–H groups in total. The summed E-state index contributed by atoms with van der Waals surface area (Å²) >= 11 is 0. The van der Waals surface area contributed by atoms with Gasteiger partial charge in [-0.2, -0.15) is 0 Å². The van der Waals surface area contributed by atoms with E-state index in [2.05, 4.69) is 32.7 Å². The molecule has 0 bridgehead atoms. The third-order valence-corrected chi connectivity index (χ3v) is 5.43. The van der Waals surface area contributed by atoms with Crippen molar-refractivity contribution in [2.75, 3.05) is 7.05 Å². The first-order valence-electron chi connectivity index (χ1n) is 7.89. The molecule has 2 nitrogen and oxygen atoms in total. The maximum Gasteiger partial charge on any atom is 0.0700 e. The van der Waals surface area contributed by atoms with E-state index in [1.807, 2.05) is 0 Å². The highest BCUT2D eigenvalue weighted by Crippen LogP contribution is 2.35. The molecule has 0 aliphatic heterocycles. The molecule has 0 aromatic carbocycles. The second-order valence-corrected chi connectivity index (χ2v) is 7.19. The minimum Gasteiger partial charge on any atom is -0.391 e. The summed E-state index contributed by atoms with van der Waals surface area (Å²) in [6.07, 6.45) is 7.52. The fraction of sp³-hybridized carbons (Fsp3) is 1.00. The molecule has 0 aromatic heterocycles. The summed E-state index contributed by atoms with van der Waals surface area (Å²) in [5.41, 5.74) is 0. The van der Waals surface area contributed by atoms with Crippen LogP contribution in [0.25, 0.3) is 0 Å². The van der Waals surface area contributed by atoms with E-state index >= 15 is 0 Å². The summed E-state index contributed by atoms with van der Waals surface area (Å²) in [4.78, 5) is 2.52. The quantitative estimate of drug-likeness (QED) is 0.816. The lowest BCUT2D eigenvalue weighted by Crippen LogP contribution is -2.53. The Morgan fingerprint density at radius 3 is 2.06 bits per heavy atom. The smallest absolute Gasteiger partial charge is 0.0700 e. The first-order valence-corrected chi connectivity index (χ1v) is 7.89. The minimum absolute atomic E-state index is 0.118. The van der Waals surface area contributed by atoms with E-state index in [0.717, 1.165) is 12.3 Å². The summed E-state index contributed by atoms with van der Waals surface area (Å²) in [7, 11) is 2.25. The monoisotopic (exact) mass is 253 g/mol. The van der Waals surface area contributed by atoms with Gasteiger partial charge in [0.1, 0.15) is 0 Å². The van der Waals surface area contributed by atoms with Gasteiger partial charge in [-0.25, -0.2) is 0 Å². The third kappa shape index (κ3) is 3.08. The van der Waals surface area contributed by atoms with E-state index < -0.39 is 0 Å². The number of nitrogens with zero attached hydrogens (tertiary/aromatic N) is 1. The summed E-state index contributed by atoms with van der Waals surface area (Å²) in [6, 6.07) is 1.09. The summed E-state index contributed by atoms with van der Waals surface area (Å²) < 4.78 is 0. The molecule has 4 atom stereocenters. The molecule has 2 aliphatic rings. The van der Waals surface area contributed by atoms with E-state index in [1.165, 1.54) is 32.1 Å². The zero-order chi connectivity index (χ0) is 13.3. The van der Waals surface area contributed by atoms with Crippen molar-refractivity contribution >= 4 is 0 Å². The van der Waals surface area contributed by atoms with Gasteiger partial charge in [0.15, 0.2) is 0 Å². The van der Waals surface area contributed by atoms with Crippen LogP contribution in [0.3, 0.4) is 0 Å². The first kappa shape index (κ1) is 14.3. The molecule has 0 saturated heterocycles. The van der Waals surface area contributed by atoms with E-state index in [9.17, 15) is 5.11 Å². The Balaban J connectivity index is 1.96. The van der Waals surface area contributed by atoms with Gasteiger partial charge in [-0.3, -0.25) is 4.90 Å². The SMILES string of the molecule is CC1CCC(N(C)C2C(C)CC(C)CC2O)CC1. The Labute approximate surface area is 113 Å². The summed E-state index contributed by atoms with van der Waals surface area (Å²) in [6.45, 7) is 6.97. The van der Waals surface area contributed by atoms with Gasteiger partial charge in [-0.1, -0.05) is 20.8 Å². The fourth-order valence-corrected chi connectivity index (χ4v) is 4.37. The predicted molar refractivity (Wildman–Crippen MR) is 76.5 cm³/mol. The molecular formula is C16H31NO. The Morgan fingerprint density at radius 1 is 0.889 bits per heavy atom. The third-order valence-electron chi connectivity index (χ3n) is 5.43. The highest BCUT2D eigenvalue weighted by atomic mass is 16.3. The minimum atomic E-state index is -0.118. The molecular weight excluding hydrogens is 222 g/mol. The second-order valence-electron chi connectivity index (χ2n) is 7.19. The molecule has 4 unspecified atom stereocenters. The van der Waals surface area contributed by atoms with Crippen LogP contribution in [0.5, 0.6) is 0 Å². The molecule has 0 spiro atoms. The van der Waals surface area contributed by atoms with Gasteiger partial charge >= 0.3 is 0 Å².